The van der Waals surface area contributed by atoms with E-state index >= 15 is 0 Å². The SMILES string of the molecule is Cc1ccc(C)c(OCC(=O)NC(C)c2nc3ccccc3n2Cc2ccccc2C)c1. The molecule has 1 atom stereocenters. The van der Waals surface area contributed by atoms with Gasteiger partial charge >= 0.3 is 0 Å². The first-order valence-corrected chi connectivity index (χ1v) is 10.9. The third-order valence-corrected chi connectivity index (χ3v) is 5.74. The van der Waals surface area contributed by atoms with Crippen molar-refractivity contribution in [1.29, 1.82) is 0 Å². The van der Waals surface area contributed by atoms with E-state index in [1.165, 1.54) is 11.1 Å². The van der Waals surface area contributed by atoms with Gasteiger partial charge in [0, 0.05) is 6.54 Å². The first-order valence-electron chi connectivity index (χ1n) is 10.9. The third-order valence-electron chi connectivity index (χ3n) is 5.74. The molecule has 5 nitrogen and oxygen atoms in total. The molecule has 1 aromatic heterocycles. The topological polar surface area (TPSA) is 56.1 Å². The van der Waals surface area contributed by atoms with E-state index in [2.05, 4.69) is 41.1 Å². The van der Waals surface area contributed by atoms with Crippen LogP contribution in [0.1, 0.15) is 41.0 Å². The average molecular weight is 428 g/mol. The fourth-order valence-corrected chi connectivity index (χ4v) is 3.90. The van der Waals surface area contributed by atoms with Gasteiger partial charge in [-0.1, -0.05) is 48.5 Å². The summed E-state index contributed by atoms with van der Waals surface area (Å²) in [6.07, 6.45) is 0. The molecule has 0 saturated heterocycles. The smallest absolute Gasteiger partial charge is 0.258 e. The van der Waals surface area contributed by atoms with Crippen molar-refractivity contribution in [1.82, 2.24) is 14.9 Å². The molecule has 164 valence electrons. The van der Waals surface area contributed by atoms with Crippen molar-refractivity contribution in [3.05, 3.63) is 94.8 Å². The van der Waals surface area contributed by atoms with E-state index in [9.17, 15) is 4.79 Å². The van der Waals surface area contributed by atoms with Crippen molar-refractivity contribution in [3.8, 4) is 5.75 Å². The second-order valence-corrected chi connectivity index (χ2v) is 8.32. The number of hydrogen-bond acceptors (Lipinski definition) is 3. The van der Waals surface area contributed by atoms with Crippen LogP contribution >= 0.6 is 0 Å². The maximum absolute atomic E-state index is 12.7. The fraction of sp³-hybridized carbons (Fsp3) is 0.259. The van der Waals surface area contributed by atoms with Crippen molar-refractivity contribution in [3.63, 3.8) is 0 Å². The van der Waals surface area contributed by atoms with E-state index in [1.807, 2.05) is 63.2 Å². The van der Waals surface area contributed by atoms with E-state index in [0.29, 0.717) is 6.54 Å². The molecular weight excluding hydrogens is 398 g/mol. The molecule has 1 amide bonds. The molecule has 0 spiro atoms. The molecule has 0 aliphatic carbocycles. The zero-order valence-electron chi connectivity index (χ0n) is 19.1. The van der Waals surface area contributed by atoms with Crippen molar-refractivity contribution < 1.29 is 9.53 Å². The Hall–Kier alpha value is -3.60. The van der Waals surface area contributed by atoms with Crippen LogP contribution in [0.2, 0.25) is 0 Å². The van der Waals surface area contributed by atoms with E-state index in [4.69, 9.17) is 9.72 Å². The molecule has 0 aliphatic heterocycles. The zero-order valence-corrected chi connectivity index (χ0v) is 19.1. The van der Waals surface area contributed by atoms with Gasteiger partial charge in [-0.2, -0.15) is 0 Å². The first kappa shape index (κ1) is 21.6. The van der Waals surface area contributed by atoms with Crippen LogP contribution < -0.4 is 10.1 Å². The molecule has 0 saturated carbocycles. The van der Waals surface area contributed by atoms with Crippen LogP contribution in [-0.4, -0.2) is 22.1 Å². The molecule has 1 unspecified atom stereocenters. The number of para-hydroxylation sites is 2. The zero-order chi connectivity index (χ0) is 22.7. The van der Waals surface area contributed by atoms with E-state index in [1.54, 1.807) is 0 Å². The van der Waals surface area contributed by atoms with E-state index in [-0.39, 0.29) is 18.6 Å². The number of aromatic nitrogens is 2. The van der Waals surface area contributed by atoms with Crippen molar-refractivity contribution in [2.45, 2.75) is 40.3 Å². The molecule has 5 heteroatoms. The lowest BCUT2D eigenvalue weighted by Gasteiger charge is -2.18. The fourth-order valence-electron chi connectivity index (χ4n) is 3.90. The Labute approximate surface area is 189 Å². The van der Waals surface area contributed by atoms with Crippen LogP contribution in [0, 0.1) is 20.8 Å². The quantitative estimate of drug-likeness (QED) is 0.437. The van der Waals surface area contributed by atoms with Crippen LogP contribution in [0.3, 0.4) is 0 Å². The number of aryl methyl sites for hydroxylation is 3. The van der Waals surface area contributed by atoms with Gasteiger partial charge in [0.1, 0.15) is 11.6 Å². The van der Waals surface area contributed by atoms with Gasteiger partial charge in [-0.3, -0.25) is 4.79 Å². The summed E-state index contributed by atoms with van der Waals surface area (Å²) in [5.74, 6) is 1.39. The van der Waals surface area contributed by atoms with Gasteiger partial charge in [0.2, 0.25) is 0 Å². The molecule has 1 N–H and O–H groups in total. The minimum Gasteiger partial charge on any atom is -0.483 e. The molecule has 1 heterocycles. The Morgan fingerprint density at radius 3 is 2.56 bits per heavy atom. The standard InChI is InChI=1S/C27H29N3O2/c1-18-13-14-20(3)25(15-18)32-17-26(31)28-21(4)27-29-23-11-7-8-12-24(23)30(27)16-22-10-6-5-9-19(22)2/h5-15,21H,16-17H2,1-4H3,(H,28,31). The Bertz CT molecular complexity index is 1260. The Kier molecular flexibility index (Phi) is 6.26. The molecule has 4 rings (SSSR count). The molecule has 0 aliphatic rings. The number of amides is 1. The second kappa shape index (κ2) is 9.27. The summed E-state index contributed by atoms with van der Waals surface area (Å²) in [6, 6.07) is 22.1. The van der Waals surface area contributed by atoms with Crippen molar-refractivity contribution >= 4 is 16.9 Å². The number of fused-ring (bicyclic) bond motifs is 1. The summed E-state index contributed by atoms with van der Waals surface area (Å²) in [5, 5.41) is 3.05. The lowest BCUT2D eigenvalue weighted by Crippen LogP contribution is -2.32. The molecule has 0 fully saturated rings. The largest absolute Gasteiger partial charge is 0.483 e. The lowest BCUT2D eigenvalue weighted by atomic mass is 10.1. The molecule has 0 bridgehead atoms. The number of carbonyl (C=O) groups is 1. The molecule has 0 radical (unpaired) electrons. The third kappa shape index (κ3) is 4.67. The van der Waals surface area contributed by atoms with Crippen LogP contribution in [0.25, 0.3) is 11.0 Å². The maximum atomic E-state index is 12.7. The van der Waals surface area contributed by atoms with Crippen LogP contribution in [0.5, 0.6) is 5.75 Å². The molecular formula is C27H29N3O2. The number of benzene rings is 3. The summed E-state index contributed by atoms with van der Waals surface area (Å²) in [4.78, 5) is 17.5. The Morgan fingerprint density at radius 2 is 1.75 bits per heavy atom. The average Bonchev–Trinajstić information content (AvgIpc) is 3.14. The normalized spacial score (nSPS) is 12.0. The summed E-state index contributed by atoms with van der Waals surface area (Å²) < 4.78 is 7.97. The van der Waals surface area contributed by atoms with Crippen LogP contribution in [0.4, 0.5) is 0 Å². The van der Waals surface area contributed by atoms with Crippen LogP contribution in [-0.2, 0) is 11.3 Å². The number of nitrogens with zero attached hydrogens (tertiary/aromatic N) is 2. The van der Waals surface area contributed by atoms with E-state index < -0.39 is 0 Å². The van der Waals surface area contributed by atoms with Gasteiger partial charge in [0.25, 0.3) is 5.91 Å². The predicted molar refractivity (Wildman–Crippen MR) is 128 cm³/mol. The number of hydrogen-bond donors (Lipinski definition) is 1. The Morgan fingerprint density at radius 1 is 1.00 bits per heavy atom. The van der Waals surface area contributed by atoms with Crippen LogP contribution in [0.15, 0.2) is 66.7 Å². The maximum Gasteiger partial charge on any atom is 0.258 e. The monoisotopic (exact) mass is 427 g/mol. The Balaban J connectivity index is 1.54. The van der Waals surface area contributed by atoms with Gasteiger partial charge in [-0.15, -0.1) is 0 Å². The summed E-state index contributed by atoms with van der Waals surface area (Å²) in [7, 11) is 0. The van der Waals surface area contributed by atoms with E-state index in [0.717, 1.165) is 33.7 Å². The van der Waals surface area contributed by atoms with Gasteiger partial charge in [-0.25, -0.2) is 4.98 Å². The van der Waals surface area contributed by atoms with Gasteiger partial charge in [0.15, 0.2) is 6.61 Å². The highest BCUT2D eigenvalue weighted by Gasteiger charge is 2.19. The summed E-state index contributed by atoms with van der Waals surface area (Å²) >= 11 is 0. The first-order chi connectivity index (χ1) is 15.4. The van der Waals surface area contributed by atoms with Gasteiger partial charge < -0.3 is 14.6 Å². The van der Waals surface area contributed by atoms with Gasteiger partial charge in [-0.05, 0) is 68.1 Å². The molecule has 32 heavy (non-hydrogen) atoms. The summed E-state index contributed by atoms with van der Waals surface area (Å²) in [6.45, 7) is 8.72. The number of nitrogens with one attached hydrogen (secondary N) is 1. The number of carbonyl (C=O) groups excluding carboxylic acids is 1. The van der Waals surface area contributed by atoms with Crippen molar-refractivity contribution in [2.24, 2.45) is 0 Å². The minimum absolute atomic E-state index is 0.0351. The highest BCUT2D eigenvalue weighted by atomic mass is 16.5. The predicted octanol–water partition coefficient (Wildman–Crippen LogP) is 5.27. The highest BCUT2D eigenvalue weighted by molar-refractivity contribution is 5.79. The second-order valence-electron chi connectivity index (χ2n) is 8.32. The highest BCUT2D eigenvalue weighted by Crippen LogP contribution is 2.23. The van der Waals surface area contributed by atoms with Gasteiger partial charge in [0.05, 0.1) is 17.1 Å². The van der Waals surface area contributed by atoms with Crippen molar-refractivity contribution in [2.75, 3.05) is 6.61 Å². The molecule has 3 aromatic carbocycles. The number of ether oxygens (including phenoxy) is 1. The summed E-state index contributed by atoms with van der Waals surface area (Å²) in [5.41, 5.74) is 6.55. The number of imidazole rings is 1. The molecule has 4 aromatic rings. The lowest BCUT2D eigenvalue weighted by molar-refractivity contribution is -0.123. The minimum atomic E-state index is -0.263. The number of rotatable bonds is 7.